The summed E-state index contributed by atoms with van der Waals surface area (Å²) in [5, 5.41) is 4.85. The third-order valence-electron chi connectivity index (χ3n) is 6.42. The van der Waals surface area contributed by atoms with Gasteiger partial charge in [0.25, 0.3) is 5.91 Å². The van der Waals surface area contributed by atoms with Crippen molar-refractivity contribution >= 4 is 34.2 Å². The zero-order valence-corrected chi connectivity index (χ0v) is 19.8. The first-order valence-electron chi connectivity index (χ1n) is 12.0. The molecule has 3 amide bonds. The second kappa shape index (κ2) is 10.5. The summed E-state index contributed by atoms with van der Waals surface area (Å²) in [5.41, 5.74) is 2.74. The topological polar surface area (TPSA) is 69.7 Å². The van der Waals surface area contributed by atoms with Gasteiger partial charge in [0, 0.05) is 37.0 Å². The molecule has 4 rings (SSSR count). The number of benzene rings is 3. The van der Waals surface area contributed by atoms with Crippen LogP contribution in [0.3, 0.4) is 0 Å². The third-order valence-corrected chi connectivity index (χ3v) is 6.42. The van der Waals surface area contributed by atoms with Gasteiger partial charge >= 0.3 is 0 Å². The van der Waals surface area contributed by atoms with Gasteiger partial charge in [-0.3, -0.25) is 14.4 Å². The van der Waals surface area contributed by atoms with Gasteiger partial charge in [-0.1, -0.05) is 54.6 Å². The molecule has 0 spiro atoms. The Morgan fingerprint density at radius 3 is 2.47 bits per heavy atom. The highest BCUT2D eigenvalue weighted by atomic mass is 16.2. The number of amides is 3. The summed E-state index contributed by atoms with van der Waals surface area (Å²) in [4.78, 5) is 42.2. The second-order valence-electron chi connectivity index (χ2n) is 8.63. The molecule has 0 radical (unpaired) electrons. The number of anilines is 1. The lowest BCUT2D eigenvalue weighted by molar-refractivity contribution is -0.139. The molecule has 0 saturated carbocycles. The quantitative estimate of drug-likeness (QED) is 0.497. The Hall–Kier alpha value is -3.67. The molecule has 1 atom stereocenters. The van der Waals surface area contributed by atoms with Crippen molar-refractivity contribution in [3.8, 4) is 0 Å². The van der Waals surface area contributed by atoms with E-state index in [1.54, 1.807) is 16.7 Å². The van der Waals surface area contributed by atoms with Crippen molar-refractivity contribution in [3.05, 3.63) is 77.9 Å². The van der Waals surface area contributed by atoms with E-state index in [4.69, 9.17) is 0 Å². The molecule has 0 aliphatic carbocycles. The normalized spacial score (nSPS) is 13.2. The number of carbonyl (C=O) groups is 3. The monoisotopic (exact) mass is 457 g/mol. The molecule has 3 aromatic carbocycles. The van der Waals surface area contributed by atoms with Crippen molar-refractivity contribution < 1.29 is 14.4 Å². The minimum atomic E-state index is -0.553. The molecule has 176 valence electrons. The summed E-state index contributed by atoms with van der Waals surface area (Å²) in [5.74, 6) is -0.242. The minimum Gasteiger partial charge on any atom is -0.355 e. The predicted octanol–water partition coefficient (Wildman–Crippen LogP) is 4.18. The fourth-order valence-electron chi connectivity index (χ4n) is 4.63. The van der Waals surface area contributed by atoms with Gasteiger partial charge < -0.3 is 15.1 Å². The van der Waals surface area contributed by atoms with E-state index >= 15 is 0 Å². The van der Waals surface area contributed by atoms with Crippen LogP contribution in [0.15, 0.2) is 66.7 Å². The van der Waals surface area contributed by atoms with Crippen molar-refractivity contribution in [1.29, 1.82) is 0 Å². The van der Waals surface area contributed by atoms with Crippen molar-refractivity contribution in [3.63, 3.8) is 0 Å². The van der Waals surface area contributed by atoms with Crippen LogP contribution in [0.1, 0.15) is 42.6 Å². The predicted molar refractivity (Wildman–Crippen MR) is 135 cm³/mol. The summed E-state index contributed by atoms with van der Waals surface area (Å²) >= 11 is 0. The van der Waals surface area contributed by atoms with Crippen LogP contribution < -0.4 is 10.2 Å². The Morgan fingerprint density at radius 2 is 1.74 bits per heavy atom. The van der Waals surface area contributed by atoms with Crippen molar-refractivity contribution in [1.82, 2.24) is 10.2 Å². The number of hydrogen-bond donors (Lipinski definition) is 1. The van der Waals surface area contributed by atoms with Crippen LogP contribution in [-0.2, 0) is 16.0 Å². The number of nitrogens with one attached hydrogen (secondary N) is 1. The Kier molecular flexibility index (Phi) is 7.26. The van der Waals surface area contributed by atoms with Crippen molar-refractivity contribution in [2.75, 3.05) is 24.5 Å². The van der Waals surface area contributed by atoms with E-state index in [2.05, 4.69) is 5.32 Å². The van der Waals surface area contributed by atoms with Gasteiger partial charge in [-0.15, -0.1) is 0 Å². The molecular formula is C28H31N3O3. The number of rotatable bonds is 10. The molecule has 0 fully saturated rings. The zero-order chi connectivity index (χ0) is 24.1. The Bertz CT molecular complexity index is 1190. The second-order valence-corrected chi connectivity index (χ2v) is 8.63. The first-order valence-corrected chi connectivity index (χ1v) is 12.0. The summed E-state index contributed by atoms with van der Waals surface area (Å²) in [6.07, 6.45) is 1.48. The third kappa shape index (κ3) is 4.81. The highest BCUT2D eigenvalue weighted by molar-refractivity contribution is 6.25. The lowest BCUT2D eigenvalue weighted by Crippen LogP contribution is -2.48. The highest BCUT2D eigenvalue weighted by Crippen LogP contribution is 2.37. The van der Waals surface area contributed by atoms with Gasteiger partial charge in [-0.25, -0.2) is 0 Å². The van der Waals surface area contributed by atoms with Crippen LogP contribution in [0.2, 0.25) is 0 Å². The lowest BCUT2D eigenvalue weighted by Gasteiger charge is -2.29. The first kappa shape index (κ1) is 23.5. The summed E-state index contributed by atoms with van der Waals surface area (Å²) in [6, 6.07) is 21.1. The molecule has 0 bridgehead atoms. The number of carbonyl (C=O) groups excluding carboxylic acids is 3. The standard InChI is InChI=1S/C28H31N3O3/c1-3-29-27(33)20(2)30(19-17-21-10-5-4-6-11-21)25(32)16-9-18-31-24-15-8-13-22-12-7-14-23(26(22)24)28(31)34/h4-8,10-15,20H,3,9,16-19H2,1-2H3,(H,29,33). The van der Waals surface area contributed by atoms with Crippen LogP contribution >= 0.6 is 0 Å². The van der Waals surface area contributed by atoms with E-state index in [0.717, 1.165) is 22.0 Å². The molecular weight excluding hydrogens is 426 g/mol. The minimum absolute atomic E-state index is 0.0177. The molecule has 1 heterocycles. The van der Waals surface area contributed by atoms with E-state index in [9.17, 15) is 14.4 Å². The molecule has 1 N–H and O–H groups in total. The van der Waals surface area contributed by atoms with E-state index in [-0.39, 0.29) is 24.1 Å². The average Bonchev–Trinajstić information content (AvgIpc) is 3.13. The number of likely N-dealkylation sites (N-methyl/N-ethyl adjacent to an activating group) is 1. The molecule has 6 nitrogen and oxygen atoms in total. The van der Waals surface area contributed by atoms with E-state index in [0.29, 0.717) is 38.0 Å². The van der Waals surface area contributed by atoms with Crippen molar-refractivity contribution in [2.24, 2.45) is 0 Å². The van der Waals surface area contributed by atoms with Crippen LogP contribution in [0.25, 0.3) is 10.8 Å². The van der Waals surface area contributed by atoms with Crippen LogP contribution in [0, 0.1) is 0 Å². The molecule has 1 aliphatic heterocycles. The van der Waals surface area contributed by atoms with Crippen molar-refractivity contribution in [2.45, 2.75) is 39.2 Å². The highest BCUT2D eigenvalue weighted by Gasteiger charge is 2.30. The van der Waals surface area contributed by atoms with E-state index < -0.39 is 6.04 Å². The molecule has 34 heavy (non-hydrogen) atoms. The smallest absolute Gasteiger partial charge is 0.258 e. The maximum Gasteiger partial charge on any atom is 0.258 e. The van der Waals surface area contributed by atoms with Crippen LogP contribution in [0.5, 0.6) is 0 Å². The van der Waals surface area contributed by atoms with Gasteiger partial charge in [0.15, 0.2) is 0 Å². The Balaban J connectivity index is 1.42. The number of nitrogens with zero attached hydrogens (tertiary/aromatic N) is 2. The molecule has 0 aromatic heterocycles. The van der Waals surface area contributed by atoms with Gasteiger partial charge in [-0.2, -0.15) is 0 Å². The van der Waals surface area contributed by atoms with Crippen LogP contribution in [0.4, 0.5) is 5.69 Å². The Labute approximate surface area is 200 Å². The maximum atomic E-state index is 13.2. The van der Waals surface area contributed by atoms with Gasteiger partial charge in [0.2, 0.25) is 11.8 Å². The molecule has 6 heteroatoms. The van der Waals surface area contributed by atoms with Crippen LogP contribution in [-0.4, -0.2) is 48.3 Å². The van der Waals surface area contributed by atoms with Gasteiger partial charge in [0.1, 0.15) is 6.04 Å². The largest absolute Gasteiger partial charge is 0.355 e. The van der Waals surface area contributed by atoms with Gasteiger partial charge in [0.05, 0.1) is 5.69 Å². The zero-order valence-electron chi connectivity index (χ0n) is 19.8. The Morgan fingerprint density at radius 1 is 1.00 bits per heavy atom. The average molecular weight is 458 g/mol. The van der Waals surface area contributed by atoms with Gasteiger partial charge in [-0.05, 0) is 49.8 Å². The fraction of sp³-hybridized carbons (Fsp3) is 0.321. The summed E-state index contributed by atoms with van der Waals surface area (Å²) in [7, 11) is 0. The first-order chi connectivity index (χ1) is 16.5. The summed E-state index contributed by atoms with van der Waals surface area (Å²) < 4.78 is 0. The summed E-state index contributed by atoms with van der Waals surface area (Å²) in [6.45, 7) is 5.09. The molecule has 3 aromatic rings. The lowest BCUT2D eigenvalue weighted by atomic mass is 10.1. The van der Waals surface area contributed by atoms with E-state index in [1.165, 1.54) is 0 Å². The maximum absolute atomic E-state index is 13.2. The number of hydrogen-bond acceptors (Lipinski definition) is 3. The van der Waals surface area contributed by atoms with E-state index in [1.807, 2.05) is 73.7 Å². The molecule has 0 saturated heterocycles. The molecule has 1 unspecified atom stereocenters. The molecule has 1 aliphatic rings. The fourth-order valence-corrected chi connectivity index (χ4v) is 4.63. The SMILES string of the molecule is CCNC(=O)C(C)N(CCc1ccccc1)C(=O)CCCN1C(=O)c2cccc3cccc1c23.